The van der Waals surface area contributed by atoms with E-state index in [0.717, 1.165) is 16.5 Å². The molecule has 0 spiro atoms. The SMILES string of the molecule is O=C(O)C=Cc1csc(COc2cccc(F)c2)c1. The first-order chi connectivity index (χ1) is 9.13. The Morgan fingerprint density at radius 3 is 3.00 bits per heavy atom. The summed E-state index contributed by atoms with van der Waals surface area (Å²) in [5.74, 6) is -0.853. The van der Waals surface area contributed by atoms with Crippen LogP contribution in [0.3, 0.4) is 0 Å². The summed E-state index contributed by atoms with van der Waals surface area (Å²) in [4.78, 5) is 11.3. The first-order valence-corrected chi connectivity index (χ1v) is 6.38. The maximum atomic E-state index is 12.9. The molecule has 2 rings (SSSR count). The Balaban J connectivity index is 1.95. The van der Waals surface area contributed by atoms with Gasteiger partial charge in [0.15, 0.2) is 0 Å². The second-order valence-corrected chi connectivity index (χ2v) is 4.76. The molecule has 0 saturated heterocycles. The molecule has 0 aliphatic carbocycles. The second kappa shape index (κ2) is 6.15. The third-order valence-corrected chi connectivity index (χ3v) is 3.20. The highest BCUT2D eigenvalue weighted by Crippen LogP contribution is 2.19. The lowest BCUT2D eigenvalue weighted by Crippen LogP contribution is -1.92. The van der Waals surface area contributed by atoms with E-state index >= 15 is 0 Å². The molecule has 2 aromatic rings. The van der Waals surface area contributed by atoms with E-state index in [-0.39, 0.29) is 5.82 Å². The Bertz CT molecular complexity index is 604. The fraction of sp³-hybridized carbons (Fsp3) is 0.0714. The van der Waals surface area contributed by atoms with Crippen LogP contribution in [0, 0.1) is 5.82 Å². The van der Waals surface area contributed by atoms with Crippen molar-refractivity contribution in [1.29, 1.82) is 0 Å². The monoisotopic (exact) mass is 278 g/mol. The number of carbonyl (C=O) groups is 1. The summed E-state index contributed by atoms with van der Waals surface area (Å²) < 4.78 is 18.4. The minimum atomic E-state index is -0.983. The molecular formula is C14H11FO3S. The number of rotatable bonds is 5. The van der Waals surface area contributed by atoms with Crippen LogP contribution in [0.25, 0.3) is 6.08 Å². The molecule has 0 unspecified atom stereocenters. The zero-order valence-corrected chi connectivity index (χ0v) is 10.7. The van der Waals surface area contributed by atoms with Crippen molar-refractivity contribution in [2.75, 3.05) is 0 Å². The van der Waals surface area contributed by atoms with Gasteiger partial charge in [-0.25, -0.2) is 9.18 Å². The Hall–Kier alpha value is -2.14. The van der Waals surface area contributed by atoms with E-state index < -0.39 is 5.97 Å². The summed E-state index contributed by atoms with van der Waals surface area (Å²) in [5.41, 5.74) is 0.810. The van der Waals surface area contributed by atoms with Crippen molar-refractivity contribution >= 4 is 23.4 Å². The van der Waals surface area contributed by atoms with Gasteiger partial charge in [0, 0.05) is 17.0 Å². The molecule has 3 nitrogen and oxygen atoms in total. The van der Waals surface area contributed by atoms with E-state index in [1.165, 1.54) is 29.5 Å². The van der Waals surface area contributed by atoms with Gasteiger partial charge in [-0.05, 0) is 35.2 Å². The highest BCUT2D eigenvalue weighted by molar-refractivity contribution is 7.10. The molecule has 19 heavy (non-hydrogen) atoms. The zero-order valence-electron chi connectivity index (χ0n) is 9.88. The molecule has 0 radical (unpaired) electrons. The number of hydrogen-bond acceptors (Lipinski definition) is 3. The van der Waals surface area contributed by atoms with Gasteiger partial charge < -0.3 is 9.84 Å². The van der Waals surface area contributed by atoms with Crippen molar-refractivity contribution in [3.63, 3.8) is 0 Å². The van der Waals surface area contributed by atoms with Crippen LogP contribution >= 0.6 is 11.3 Å². The van der Waals surface area contributed by atoms with Gasteiger partial charge in [0.25, 0.3) is 0 Å². The van der Waals surface area contributed by atoms with E-state index in [1.54, 1.807) is 12.1 Å². The number of halogens is 1. The summed E-state index contributed by atoms with van der Waals surface area (Å²) in [5, 5.41) is 10.4. The molecule has 0 saturated carbocycles. The van der Waals surface area contributed by atoms with E-state index in [2.05, 4.69) is 0 Å². The first kappa shape index (κ1) is 13.3. The van der Waals surface area contributed by atoms with Gasteiger partial charge in [0.05, 0.1) is 0 Å². The van der Waals surface area contributed by atoms with E-state index in [1.807, 2.05) is 11.4 Å². The molecule has 1 aromatic carbocycles. The first-order valence-electron chi connectivity index (χ1n) is 5.50. The molecule has 0 aliphatic heterocycles. The molecule has 1 N–H and O–H groups in total. The van der Waals surface area contributed by atoms with E-state index in [4.69, 9.17) is 9.84 Å². The highest BCUT2D eigenvalue weighted by Gasteiger charge is 2.01. The van der Waals surface area contributed by atoms with Crippen molar-refractivity contribution in [2.45, 2.75) is 6.61 Å². The maximum Gasteiger partial charge on any atom is 0.328 e. The van der Waals surface area contributed by atoms with Crippen molar-refractivity contribution in [2.24, 2.45) is 0 Å². The highest BCUT2D eigenvalue weighted by atomic mass is 32.1. The fourth-order valence-corrected chi connectivity index (χ4v) is 2.20. The van der Waals surface area contributed by atoms with Gasteiger partial charge in [0.2, 0.25) is 0 Å². The summed E-state index contributed by atoms with van der Waals surface area (Å²) in [6.45, 7) is 0.328. The molecule has 0 atom stereocenters. The molecule has 0 amide bonds. The number of benzene rings is 1. The summed E-state index contributed by atoms with van der Waals surface area (Å²) in [6, 6.07) is 7.77. The molecule has 1 heterocycles. The zero-order chi connectivity index (χ0) is 13.7. The maximum absolute atomic E-state index is 12.9. The predicted octanol–water partition coefficient (Wildman–Crippen LogP) is 3.56. The average Bonchev–Trinajstić information content (AvgIpc) is 2.82. The van der Waals surface area contributed by atoms with Gasteiger partial charge in [-0.1, -0.05) is 6.07 Å². The van der Waals surface area contributed by atoms with Crippen LogP contribution in [0.5, 0.6) is 5.75 Å². The van der Waals surface area contributed by atoms with Crippen LogP contribution in [-0.2, 0) is 11.4 Å². The number of ether oxygens (including phenoxy) is 1. The van der Waals surface area contributed by atoms with Gasteiger partial charge in [-0.15, -0.1) is 11.3 Å². The third-order valence-electron chi connectivity index (χ3n) is 2.27. The van der Waals surface area contributed by atoms with Crippen LogP contribution in [0.4, 0.5) is 4.39 Å². The van der Waals surface area contributed by atoms with Crippen molar-refractivity contribution in [3.8, 4) is 5.75 Å². The van der Waals surface area contributed by atoms with Gasteiger partial charge >= 0.3 is 5.97 Å². The Labute approximate surface area is 113 Å². The molecule has 5 heteroatoms. The molecule has 1 aromatic heterocycles. The van der Waals surface area contributed by atoms with Crippen LogP contribution < -0.4 is 4.74 Å². The summed E-state index contributed by atoms with van der Waals surface area (Å²) in [6.07, 6.45) is 2.60. The van der Waals surface area contributed by atoms with Crippen molar-refractivity contribution in [3.05, 3.63) is 58.0 Å². The van der Waals surface area contributed by atoms with Gasteiger partial charge in [-0.2, -0.15) is 0 Å². The lowest BCUT2D eigenvalue weighted by Gasteiger charge is -2.03. The van der Waals surface area contributed by atoms with Crippen LogP contribution in [0.1, 0.15) is 10.4 Å². The van der Waals surface area contributed by atoms with Crippen LogP contribution in [0.15, 0.2) is 41.8 Å². The normalized spacial score (nSPS) is 10.8. The minimum Gasteiger partial charge on any atom is -0.488 e. The standard InChI is InChI=1S/C14H11FO3S/c15-11-2-1-3-12(7-11)18-8-13-6-10(9-19-13)4-5-14(16)17/h1-7,9H,8H2,(H,16,17). The number of carboxylic acids is 1. The summed E-state index contributed by atoms with van der Waals surface area (Å²) in [7, 11) is 0. The molecule has 0 bridgehead atoms. The third kappa shape index (κ3) is 4.22. The van der Waals surface area contributed by atoms with Crippen LogP contribution in [-0.4, -0.2) is 11.1 Å². The minimum absolute atomic E-state index is 0.328. The van der Waals surface area contributed by atoms with Crippen molar-refractivity contribution < 1.29 is 19.0 Å². The second-order valence-electron chi connectivity index (χ2n) is 3.76. The van der Waals surface area contributed by atoms with Crippen LogP contribution in [0.2, 0.25) is 0 Å². The number of hydrogen-bond donors (Lipinski definition) is 1. The van der Waals surface area contributed by atoms with Crippen molar-refractivity contribution in [1.82, 2.24) is 0 Å². The number of carboxylic acid groups (broad SMARTS) is 1. The lowest BCUT2D eigenvalue weighted by atomic mass is 10.3. The number of aliphatic carboxylic acids is 1. The quantitative estimate of drug-likeness (QED) is 0.850. The van der Waals surface area contributed by atoms with E-state index in [9.17, 15) is 9.18 Å². The van der Waals surface area contributed by atoms with E-state index in [0.29, 0.717) is 12.4 Å². The summed E-state index contributed by atoms with van der Waals surface area (Å²) >= 11 is 1.46. The Morgan fingerprint density at radius 1 is 1.42 bits per heavy atom. The van der Waals surface area contributed by atoms with Gasteiger partial charge in [-0.3, -0.25) is 0 Å². The predicted molar refractivity (Wildman–Crippen MR) is 71.7 cm³/mol. The molecule has 0 fully saturated rings. The Morgan fingerprint density at radius 2 is 2.26 bits per heavy atom. The smallest absolute Gasteiger partial charge is 0.328 e. The molecule has 0 aliphatic rings. The molecular weight excluding hydrogens is 267 g/mol. The largest absolute Gasteiger partial charge is 0.488 e. The Kier molecular flexibility index (Phi) is 4.30. The fourth-order valence-electron chi connectivity index (χ4n) is 1.44. The molecule has 98 valence electrons. The lowest BCUT2D eigenvalue weighted by molar-refractivity contribution is -0.131. The average molecular weight is 278 g/mol. The number of thiophene rings is 1. The topological polar surface area (TPSA) is 46.5 Å². The van der Waals surface area contributed by atoms with Gasteiger partial charge in [0.1, 0.15) is 18.2 Å².